The van der Waals surface area contributed by atoms with Crippen LogP contribution in [-0.2, 0) is 6.54 Å². The van der Waals surface area contributed by atoms with E-state index in [9.17, 15) is 4.39 Å². The summed E-state index contributed by atoms with van der Waals surface area (Å²) < 4.78 is 18.6. The topological polar surface area (TPSA) is 38.2 Å². The second-order valence-corrected chi connectivity index (χ2v) is 6.07. The Labute approximate surface area is 136 Å². The summed E-state index contributed by atoms with van der Waals surface area (Å²) in [5, 5.41) is 0. The molecule has 5 heteroatoms. The van der Waals surface area contributed by atoms with Gasteiger partial charge in [0.05, 0.1) is 7.11 Å². The van der Waals surface area contributed by atoms with E-state index in [2.05, 4.69) is 14.9 Å². The minimum atomic E-state index is -0.316. The van der Waals surface area contributed by atoms with Crippen molar-refractivity contribution < 1.29 is 9.13 Å². The molecule has 1 aromatic heterocycles. The highest BCUT2D eigenvalue weighted by Crippen LogP contribution is 2.27. The molecule has 122 valence electrons. The highest BCUT2D eigenvalue weighted by atomic mass is 19.1. The molecule has 0 radical (unpaired) electrons. The Balaban J connectivity index is 1.69. The Hall–Kier alpha value is -2.01. The van der Waals surface area contributed by atoms with Gasteiger partial charge in [-0.2, -0.15) is 0 Å². The van der Waals surface area contributed by atoms with Crippen molar-refractivity contribution in [3.8, 4) is 5.75 Å². The van der Waals surface area contributed by atoms with Crippen molar-refractivity contribution in [1.29, 1.82) is 0 Å². The van der Waals surface area contributed by atoms with Crippen LogP contribution >= 0.6 is 0 Å². The zero-order chi connectivity index (χ0) is 16.2. The average molecular weight is 315 g/mol. The highest BCUT2D eigenvalue weighted by Gasteiger charge is 2.22. The first-order valence-electron chi connectivity index (χ1n) is 8.00. The van der Waals surface area contributed by atoms with Gasteiger partial charge in [-0.25, -0.2) is 14.4 Å². The predicted molar refractivity (Wildman–Crippen MR) is 87.0 cm³/mol. The van der Waals surface area contributed by atoms with Crippen molar-refractivity contribution in [3.05, 3.63) is 53.4 Å². The SMILES string of the molecule is COc1cc(CN2CCC[C@@H](c3ccnc(C)n3)C2)ccc1F. The van der Waals surface area contributed by atoms with Gasteiger partial charge in [0.15, 0.2) is 11.6 Å². The lowest BCUT2D eigenvalue weighted by molar-refractivity contribution is 0.198. The van der Waals surface area contributed by atoms with Crippen LogP contribution in [0.25, 0.3) is 0 Å². The summed E-state index contributed by atoms with van der Waals surface area (Å²) in [7, 11) is 1.50. The summed E-state index contributed by atoms with van der Waals surface area (Å²) in [6, 6.07) is 7.11. The van der Waals surface area contributed by atoms with Crippen LogP contribution < -0.4 is 4.74 Å². The van der Waals surface area contributed by atoms with Gasteiger partial charge >= 0.3 is 0 Å². The maximum Gasteiger partial charge on any atom is 0.165 e. The number of likely N-dealkylation sites (tertiary alicyclic amines) is 1. The number of aryl methyl sites for hydroxylation is 1. The van der Waals surface area contributed by atoms with Crippen molar-refractivity contribution in [3.63, 3.8) is 0 Å². The fourth-order valence-corrected chi connectivity index (χ4v) is 3.20. The first-order chi connectivity index (χ1) is 11.2. The van der Waals surface area contributed by atoms with Gasteiger partial charge in [0.1, 0.15) is 5.82 Å². The third-order valence-corrected chi connectivity index (χ3v) is 4.34. The van der Waals surface area contributed by atoms with Crippen LogP contribution in [0.2, 0.25) is 0 Å². The smallest absolute Gasteiger partial charge is 0.165 e. The maximum absolute atomic E-state index is 13.5. The van der Waals surface area contributed by atoms with Crippen LogP contribution in [-0.4, -0.2) is 35.1 Å². The van der Waals surface area contributed by atoms with E-state index in [1.165, 1.54) is 13.2 Å². The van der Waals surface area contributed by atoms with E-state index in [0.717, 1.165) is 49.6 Å². The van der Waals surface area contributed by atoms with Gasteiger partial charge in [-0.15, -0.1) is 0 Å². The molecular formula is C18H22FN3O. The van der Waals surface area contributed by atoms with Gasteiger partial charge in [0.25, 0.3) is 0 Å². The molecule has 1 aromatic carbocycles. The molecule has 1 aliphatic rings. The molecule has 4 nitrogen and oxygen atoms in total. The zero-order valence-corrected chi connectivity index (χ0v) is 13.6. The number of methoxy groups -OCH3 is 1. The molecule has 0 N–H and O–H groups in total. The number of hydrogen-bond acceptors (Lipinski definition) is 4. The lowest BCUT2D eigenvalue weighted by Gasteiger charge is -2.32. The number of halogens is 1. The second-order valence-electron chi connectivity index (χ2n) is 6.07. The number of benzene rings is 1. The Morgan fingerprint density at radius 2 is 2.22 bits per heavy atom. The Kier molecular flexibility index (Phi) is 4.86. The third-order valence-electron chi connectivity index (χ3n) is 4.34. The fraction of sp³-hybridized carbons (Fsp3) is 0.444. The first kappa shape index (κ1) is 15.9. The Morgan fingerprint density at radius 3 is 3.00 bits per heavy atom. The van der Waals surface area contributed by atoms with E-state index in [1.807, 2.05) is 25.3 Å². The minimum Gasteiger partial charge on any atom is -0.494 e. The maximum atomic E-state index is 13.5. The van der Waals surface area contributed by atoms with E-state index in [4.69, 9.17) is 4.74 Å². The molecule has 0 bridgehead atoms. The molecule has 2 aromatic rings. The van der Waals surface area contributed by atoms with Crippen molar-refractivity contribution in [2.45, 2.75) is 32.2 Å². The number of aromatic nitrogens is 2. The highest BCUT2D eigenvalue weighted by molar-refractivity contribution is 5.30. The number of rotatable bonds is 4. The summed E-state index contributed by atoms with van der Waals surface area (Å²) in [6.45, 7) is 4.75. The summed E-state index contributed by atoms with van der Waals surface area (Å²) >= 11 is 0. The standard InChI is InChI=1S/C18H22FN3O/c1-13-20-8-7-17(21-13)15-4-3-9-22(12-15)11-14-5-6-16(19)18(10-14)23-2/h5-8,10,15H,3-4,9,11-12H2,1-2H3/t15-/m1/s1. The monoisotopic (exact) mass is 315 g/mol. The molecule has 1 aliphatic heterocycles. The van der Waals surface area contributed by atoms with Crippen molar-refractivity contribution in [2.24, 2.45) is 0 Å². The lowest BCUT2D eigenvalue weighted by Crippen LogP contribution is -2.34. The molecule has 0 amide bonds. The molecule has 1 atom stereocenters. The van der Waals surface area contributed by atoms with Crippen molar-refractivity contribution in [1.82, 2.24) is 14.9 Å². The molecule has 1 fully saturated rings. The van der Waals surface area contributed by atoms with Gasteiger partial charge in [-0.05, 0) is 50.1 Å². The summed E-state index contributed by atoms with van der Waals surface area (Å²) in [4.78, 5) is 11.1. The predicted octanol–water partition coefficient (Wildman–Crippen LogP) is 3.31. The first-order valence-corrected chi connectivity index (χ1v) is 8.00. The molecule has 0 aliphatic carbocycles. The molecule has 2 heterocycles. The quantitative estimate of drug-likeness (QED) is 0.867. The number of ether oxygens (including phenoxy) is 1. The summed E-state index contributed by atoms with van der Waals surface area (Å²) in [6.07, 6.45) is 4.13. The van der Waals surface area contributed by atoms with Gasteiger partial charge < -0.3 is 4.74 Å². The second kappa shape index (κ2) is 7.04. The minimum absolute atomic E-state index is 0.308. The number of hydrogen-bond donors (Lipinski definition) is 0. The van der Waals surface area contributed by atoms with Crippen molar-refractivity contribution >= 4 is 0 Å². The van der Waals surface area contributed by atoms with E-state index >= 15 is 0 Å². The molecular weight excluding hydrogens is 293 g/mol. The van der Waals surface area contributed by atoms with Gasteiger partial charge in [0.2, 0.25) is 0 Å². The molecule has 3 rings (SSSR count). The van der Waals surface area contributed by atoms with Crippen molar-refractivity contribution in [2.75, 3.05) is 20.2 Å². The normalized spacial score (nSPS) is 18.8. The van der Waals surface area contributed by atoms with E-state index in [1.54, 1.807) is 6.07 Å². The molecule has 0 spiro atoms. The van der Waals surface area contributed by atoms with Crippen LogP contribution in [0.5, 0.6) is 5.75 Å². The Bertz CT molecular complexity index is 677. The van der Waals surface area contributed by atoms with Gasteiger partial charge in [0, 0.05) is 30.9 Å². The number of piperidine rings is 1. The largest absolute Gasteiger partial charge is 0.494 e. The Morgan fingerprint density at radius 1 is 1.35 bits per heavy atom. The van der Waals surface area contributed by atoms with Crippen LogP contribution in [0.3, 0.4) is 0 Å². The van der Waals surface area contributed by atoms with Gasteiger partial charge in [-0.1, -0.05) is 6.07 Å². The number of nitrogens with zero attached hydrogens (tertiary/aromatic N) is 3. The molecule has 1 saturated heterocycles. The molecule has 23 heavy (non-hydrogen) atoms. The van der Waals surface area contributed by atoms with Crippen LogP contribution in [0.1, 0.15) is 35.8 Å². The molecule has 0 saturated carbocycles. The summed E-state index contributed by atoms with van der Waals surface area (Å²) in [5.74, 6) is 1.25. The van der Waals surface area contributed by atoms with E-state index in [0.29, 0.717) is 11.7 Å². The van der Waals surface area contributed by atoms with Crippen LogP contribution in [0, 0.1) is 12.7 Å². The van der Waals surface area contributed by atoms with E-state index < -0.39 is 0 Å². The average Bonchev–Trinajstić information content (AvgIpc) is 2.57. The zero-order valence-electron chi connectivity index (χ0n) is 13.6. The lowest BCUT2D eigenvalue weighted by atomic mass is 9.94. The summed E-state index contributed by atoms with van der Waals surface area (Å²) in [5.41, 5.74) is 2.20. The van der Waals surface area contributed by atoms with Crippen LogP contribution in [0.4, 0.5) is 4.39 Å². The van der Waals surface area contributed by atoms with E-state index in [-0.39, 0.29) is 5.82 Å². The fourth-order valence-electron chi connectivity index (χ4n) is 3.20. The van der Waals surface area contributed by atoms with Crippen LogP contribution in [0.15, 0.2) is 30.5 Å². The van der Waals surface area contributed by atoms with Gasteiger partial charge in [-0.3, -0.25) is 4.90 Å². The molecule has 0 unspecified atom stereocenters. The third kappa shape index (κ3) is 3.85.